The molecule has 7 heteroatoms. The molecule has 0 atom stereocenters. The van der Waals surface area contributed by atoms with E-state index in [1.807, 2.05) is 54.6 Å². The van der Waals surface area contributed by atoms with E-state index in [1.54, 1.807) is 23.2 Å². The lowest BCUT2D eigenvalue weighted by Crippen LogP contribution is -2.30. The molecule has 5 aromatic rings. The number of rotatable bonds is 11. The fourth-order valence-corrected chi connectivity index (χ4v) is 4.72. The molecule has 0 aliphatic rings. The molecule has 2 N–H and O–H groups in total. The van der Waals surface area contributed by atoms with Gasteiger partial charge in [0.2, 0.25) is 0 Å². The third kappa shape index (κ3) is 5.95. The summed E-state index contributed by atoms with van der Waals surface area (Å²) in [5.41, 5.74) is 5.42. The zero-order chi connectivity index (χ0) is 26.3. The van der Waals surface area contributed by atoms with Crippen LogP contribution in [0.4, 0.5) is 0 Å². The van der Waals surface area contributed by atoms with Crippen molar-refractivity contribution in [1.82, 2.24) is 19.5 Å². The van der Waals surface area contributed by atoms with Crippen molar-refractivity contribution < 1.29 is 9.90 Å². The van der Waals surface area contributed by atoms with Crippen molar-refractivity contribution in [2.75, 3.05) is 0 Å². The Morgan fingerprint density at radius 2 is 1.76 bits per heavy atom. The number of aryl methyl sites for hydroxylation is 3. The van der Waals surface area contributed by atoms with Crippen LogP contribution in [0.3, 0.4) is 0 Å². The van der Waals surface area contributed by atoms with E-state index in [9.17, 15) is 14.7 Å². The first kappa shape index (κ1) is 25.3. The van der Waals surface area contributed by atoms with Crippen LogP contribution in [-0.4, -0.2) is 30.4 Å². The highest BCUT2D eigenvalue weighted by Gasteiger charge is 2.16. The van der Waals surface area contributed by atoms with Crippen molar-refractivity contribution in [3.63, 3.8) is 0 Å². The molecule has 5 rings (SSSR count). The molecule has 0 aliphatic carbocycles. The second-order valence-corrected chi connectivity index (χ2v) is 9.48. The normalized spacial score (nSPS) is 11.2. The van der Waals surface area contributed by atoms with E-state index in [4.69, 9.17) is 0 Å². The van der Waals surface area contributed by atoms with E-state index >= 15 is 0 Å². The largest absolute Gasteiger partial charge is 0.392 e. The van der Waals surface area contributed by atoms with Crippen LogP contribution in [0, 0.1) is 0 Å². The Kier molecular flexibility index (Phi) is 7.85. The molecule has 192 valence electrons. The summed E-state index contributed by atoms with van der Waals surface area (Å²) in [4.78, 5) is 38.7. The summed E-state index contributed by atoms with van der Waals surface area (Å²) in [5, 5.41) is 10.6. The van der Waals surface area contributed by atoms with Crippen molar-refractivity contribution in [3.8, 4) is 11.3 Å². The van der Waals surface area contributed by atoms with E-state index in [0.29, 0.717) is 30.7 Å². The lowest BCUT2D eigenvalue weighted by atomic mass is 10.1. The van der Waals surface area contributed by atoms with Gasteiger partial charge < -0.3 is 10.1 Å². The molecule has 0 unspecified atom stereocenters. The second kappa shape index (κ2) is 11.8. The van der Waals surface area contributed by atoms with Crippen LogP contribution in [0.1, 0.15) is 35.4 Å². The monoisotopic (exact) mass is 506 g/mol. The van der Waals surface area contributed by atoms with Crippen molar-refractivity contribution in [2.24, 2.45) is 0 Å². The van der Waals surface area contributed by atoms with Gasteiger partial charge in [-0.05, 0) is 55.0 Å². The van der Waals surface area contributed by atoms with Crippen LogP contribution in [0.5, 0.6) is 0 Å². The lowest BCUT2D eigenvalue weighted by molar-refractivity contribution is -0.119. The number of Topliss-reactive ketones (excluding diaryl/α,β-unsaturated/α-hetero) is 1. The van der Waals surface area contributed by atoms with E-state index < -0.39 is 0 Å². The fraction of sp³-hybridized carbons (Fsp3) is 0.226. The maximum atomic E-state index is 13.6. The van der Waals surface area contributed by atoms with Crippen LogP contribution >= 0.6 is 0 Å². The Labute approximate surface area is 220 Å². The second-order valence-electron chi connectivity index (χ2n) is 9.48. The number of ketones is 1. The number of hydrogen-bond acceptors (Lipinski definition) is 5. The predicted octanol–water partition coefficient (Wildman–Crippen LogP) is 4.66. The average molecular weight is 507 g/mol. The highest BCUT2D eigenvalue weighted by Crippen LogP contribution is 2.20. The van der Waals surface area contributed by atoms with E-state index in [1.165, 1.54) is 5.56 Å². The van der Waals surface area contributed by atoms with Crippen LogP contribution in [0.2, 0.25) is 0 Å². The smallest absolute Gasteiger partial charge is 0.273 e. The number of aromatic amines is 1. The lowest BCUT2D eigenvalue weighted by Gasteiger charge is -2.14. The predicted molar refractivity (Wildman–Crippen MR) is 148 cm³/mol. The van der Waals surface area contributed by atoms with E-state index in [-0.39, 0.29) is 24.5 Å². The third-order valence-corrected chi connectivity index (χ3v) is 6.74. The van der Waals surface area contributed by atoms with Gasteiger partial charge >= 0.3 is 0 Å². The van der Waals surface area contributed by atoms with Gasteiger partial charge in [0.25, 0.3) is 5.56 Å². The molecule has 0 saturated heterocycles. The molecule has 0 bridgehead atoms. The van der Waals surface area contributed by atoms with Gasteiger partial charge in [-0.3, -0.25) is 24.1 Å². The molecule has 3 aromatic heterocycles. The van der Waals surface area contributed by atoms with Gasteiger partial charge in [-0.1, -0.05) is 48.5 Å². The zero-order valence-electron chi connectivity index (χ0n) is 21.1. The Balaban J connectivity index is 1.37. The standard InChI is InChI=1S/C31H30N4O3/c36-21-23-9-4-10-24(16-23)30-19-33-29(11-5-8-22-6-2-1-3-7-22)31(38)35(30)20-27(37)13-12-26-17-25-18-32-15-14-28(25)34-26/h1-4,6-7,9-10,14-19,34,36H,5,8,11-13,20-21H2. The van der Waals surface area contributed by atoms with Crippen LogP contribution in [0.15, 0.2) is 90.1 Å². The van der Waals surface area contributed by atoms with Gasteiger partial charge in [0.1, 0.15) is 5.69 Å². The topological polar surface area (TPSA) is 101 Å². The molecule has 3 heterocycles. The van der Waals surface area contributed by atoms with Crippen molar-refractivity contribution >= 4 is 16.7 Å². The molecule has 2 aromatic carbocycles. The van der Waals surface area contributed by atoms with Crippen LogP contribution in [0.25, 0.3) is 22.2 Å². The maximum absolute atomic E-state index is 13.6. The number of aliphatic hydroxyl groups is 1. The Bertz CT molecular complexity index is 1570. The van der Waals surface area contributed by atoms with Gasteiger partial charge in [0.15, 0.2) is 5.78 Å². The molecule has 38 heavy (non-hydrogen) atoms. The molecule has 0 aliphatic heterocycles. The van der Waals surface area contributed by atoms with Crippen LogP contribution < -0.4 is 5.56 Å². The van der Waals surface area contributed by atoms with E-state index in [0.717, 1.165) is 40.6 Å². The minimum absolute atomic E-state index is 0.0342. The number of aromatic nitrogens is 4. The number of aliphatic hydroxyl groups excluding tert-OH is 1. The Hall–Kier alpha value is -4.36. The summed E-state index contributed by atoms with van der Waals surface area (Å²) in [6.45, 7) is -0.143. The number of benzene rings is 2. The van der Waals surface area contributed by atoms with Crippen molar-refractivity contribution in [1.29, 1.82) is 0 Å². The number of pyridine rings is 1. The summed E-state index contributed by atoms with van der Waals surface area (Å²) in [7, 11) is 0. The van der Waals surface area contributed by atoms with Crippen LogP contribution in [-0.2, 0) is 37.2 Å². The molecule has 0 fully saturated rings. The van der Waals surface area contributed by atoms with Gasteiger partial charge in [-0.15, -0.1) is 0 Å². The van der Waals surface area contributed by atoms with Gasteiger partial charge in [-0.25, -0.2) is 0 Å². The summed E-state index contributed by atoms with van der Waals surface area (Å²) >= 11 is 0. The molecule has 0 amide bonds. The fourth-order valence-electron chi connectivity index (χ4n) is 4.72. The summed E-state index contributed by atoms with van der Waals surface area (Å²) in [6, 6.07) is 21.4. The zero-order valence-corrected chi connectivity index (χ0v) is 21.1. The quantitative estimate of drug-likeness (QED) is 0.271. The molecule has 7 nitrogen and oxygen atoms in total. The Morgan fingerprint density at radius 3 is 2.58 bits per heavy atom. The molecular formula is C31H30N4O3. The number of hydrogen-bond donors (Lipinski definition) is 2. The first-order chi connectivity index (χ1) is 18.6. The number of fused-ring (bicyclic) bond motifs is 1. The highest BCUT2D eigenvalue weighted by molar-refractivity contribution is 5.81. The number of H-pyrrole nitrogens is 1. The van der Waals surface area contributed by atoms with E-state index in [2.05, 4.69) is 27.1 Å². The minimum atomic E-state index is -0.241. The first-order valence-corrected chi connectivity index (χ1v) is 12.9. The summed E-state index contributed by atoms with van der Waals surface area (Å²) in [6.07, 6.45) is 8.21. The highest BCUT2D eigenvalue weighted by atomic mass is 16.3. The number of nitrogens with one attached hydrogen (secondary N) is 1. The summed E-state index contributed by atoms with van der Waals surface area (Å²) in [5.74, 6) is -0.0371. The van der Waals surface area contributed by atoms with Crippen molar-refractivity contribution in [3.05, 3.63) is 118 Å². The first-order valence-electron chi connectivity index (χ1n) is 12.9. The van der Waals surface area contributed by atoms with Gasteiger partial charge in [-0.2, -0.15) is 0 Å². The Morgan fingerprint density at radius 1 is 0.921 bits per heavy atom. The minimum Gasteiger partial charge on any atom is -0.392 e. The maximum Gasteiger partial charge on any atom is 0.273 e. The summed E-state index contributed by atoms with van der Waals surface area (Å²) < 4.78 is 1.54. The average Bonchev–Trinajstić information content (AvgIpc) is 3.38. The third-order valence-electron chi connectivity index (χ3n) is 6.74. The molecule has 0 spiro atoms. The number of carbonyl (C=O) groups excluding carboxylic acids is 1. The van der Waals surface area contributed by atoms with Gasteiger partial charge in [0.05, 0.1) is 25.0 Å². The van der Waals surface area contributed by atoms with Crippen molar-refractivity contribution in [2.45, 2.75) is 45.3 Å². The molecule has 0 saturated carbocycles. The number of carbonyl (C=O) groups is 1. The molecular weight excluding hydrogens is 476 g/mol. The number of nitrogens with zero attached hydrogens (tertiary/aromatic N) is 3. The SMILES string of the molecule is O=C(CCc1cc2cnccc2[nH]1)Cn1c(-c2cccc(CO)c2)cnc(CCCc2ccccc2)c1=O. The van der Waals surface area contributed by atoms with Gasteiger partial charge in [0, 0.05) is 41.0 Å². The molecule has 0 radical (unpaired) electrons.